The topological polar surface area (TPSA) is 94.7 Å². The number of aromatic amines is 1. The van der Waals surface area contributed by atoms with Gasteiger partial charge in [0, 0.05) is 0 Å². The van der Waals surface area contributed by atoms with Crippen LogP contribution in [0.1, 0.15) is 16.4 Å². The Morgan fingerprint density at radius 3 is 2.27 bits per heavy atom. The SMILES string of the molecule is COC(=O)C1=C(C(=O)OC)C(c2ccc(OC)cc2)c2sc(=O)[nH]c2S1. The molecule has 7 nitrogen and oxygen atoms in total. The molecule has 1 aliphatic rings. The van der Waals surface area contributed by atoms with E-state index in [9.17, 15) is 14.4 Å². The Bertz CT molecular complexity index is 941. The highest BCUT2D eigenvalue weighted by atomic mass is 32.2. The highest BCUT2D eigenvalue weighted by Crippen LogP contribution is 2.48. The normalized spacial score (nSPS) is 16.0. The van der Waals surface area contributed by atoms with Gasteiger partial charge in [-0.15, -0.1) is 0 Å². The molecule has 3 rings (SSSR count). The summed E-state index contributed by atoms with van der Waals surface area (Å²) in [7, 11) is 4.03. The van der Waals surface area contributed by atoms with Gasteiger partial charge in [-0.2, -0.15) is 0 Å². The Morgan fingerprint density at radius 2 is 1.69 bits per heavy atom. The third kappa shape index (κ3) is 3.15. The number of rotatable bonds is 4. The molecule has 1 atom stereocenters. The highest BCUT2D eigenvalue weighted by molar-refractivity contribution is 8.04. The molecule has 1 unspecified atom stereocenters. The first-order chi connectivity index (χ1) is 12.5. The van der Waals surface area contributed by atoms with Crippen molar-refractivity contribution in [3.63, 3.8) is 0 Å². The summed E-state index contributed by atoms with van der Waals surface area (Å²) >= 11 is 2.00. The van der Waals surface area contributed by atoms with Gasteiger partial charge in [0.05, 0.1) is 42.7 Å². The van der Waals surface area contributed by atoms with Crippen LogP contribution in [0, 0.1) is 0 Å². The van der Waals surface area contributed by atoms with Crippen molar-refractivity contribution in [2.45, 2.75) is 10.9 Å². The molecule has 0 spiro atoms. The zero-order valence-corrected chi connectivity index (χ0v) is 15.8. The monoisotopic (exact) mass is 393 g/mol. The van der Waals surface area contributed by atoms with Crippen molar-refractivity contribution in [3.8, 4) is 5.75 Å². The molecule has 2 aromatic rings. The maximum atomic E-state index is 12.5. The molecule has 0 aliphatic carbocycles. The van der Waals surface area contributed by atoms with E-state index in [1.165, 1.54) is 14.2 Å². The maximum absolute atomic E-state index is 12.5. The van der Waals surface area contributed by atoms with Crippen LogP contribution in [0.2, 0.25) is 0 Å². The number of esters is 2. The van der Waals surface area contributed by atoms with Crippen LogP contribution in [0.15, 0.2) is 44.6 Å². The molecule has 0 radical (unpaired) electrons. The molecular weight excluding hydrogens is 378 g/mol. The number of hydrogen-bond donors (Lipinski definition) is 1. The molecule has 1 aliphatic heterocycles. The smallest absolute Gasteiger partial charge is 0.345 e. The number of thiazole rings is 1. The minimum Gasteiger partial charge on any atom is -0.497 e. The number of carbonyl (C=O) groups is 2. The second-order valence-corrected chi connectivity index (χ2v) is 7.28. The molecule has 0 saturated carbocycles. The lowest BCUT2D eigenvalue weighted by molar-refractivity contribution is -0.139. The van der Waals surface area contributed by atoms with Gasteiger partial charge in [0.1, 0.15) is 10.7 Å². The maximum Gasteiger partial charge on any atom is 0.345 e. The predicted octanol–water partition coefficient (Wildman–Crippen LogP) is 2.28. The number of ether oxygens (including phenoxy) is 3. The highest BCUT2D eigenvalue weighted by Gasteiger charge is 2.39. The average Bonchev–Trinajstić information content (AvgIpc) is 3.05. The van der Waals surface area contributed by atoms with Gasteiger partial charge in [-0.25, -0.2) is 9.59 Å². The van der Waals surface area contributed by atoms with E-state index in [2.05, 4.69) is 4.98 Å². The molecule has 136 valence electrons. The quantitative estimate of drug-likeness (QED) is 0.796. The van der Waals surface area contributed by atoms with Crippen LogP contribution >= 0.6 is 23.1 Å². The zero-order chi connectivity index (χ0) is 18.8. The molecule has 0 amide bonds. The standard InChI is InChI=1S/C17H15NO6S2/c1-22-9-6-4-8(5-7-9)10-11(15(19)23-2)13(16(20)24-3)25-14-12(10)26-17(21)18-14/h4-7,10H,1-3H3,(H,18,21). The summed E-state index contributed by atoms with van der Waals surface area (Å²) in [6, 6.07) is 7.06. The Hall–Kier alpha value is -2.52. The molecule has 0 fully saturated rings. The average molecular weight is 393 g/mol. The fourth-order valence-electron chi connectivity index (χ4n) is 2.69. The number of fused-ring (bicyclic) bond motifs is 1. The van der Waals surface area contributed by atoms with E-state index in [4.69, 9.17) is 14.2 Å². The lowest BCUT2D eigenvalue weighted by Gasteiger charge is -2.25. The van der Waals surface area contributed by atoms with Crippen molar-refractivity contribution >= 4 is 35.0 Å². The molecule has 0 bridgehead atoms. The minimum atomic E-state index is -0.661. The minimum absolute atomic E-state index is 0.0988. The first-order valence-corrected chi connectivity index (χ1v) is 9.09. The van der Waals surface area contributed by atoms with Crippen molar-refractivity contribution in [3.05, 3.63) is 54.9 Å². The third-order valence-electron chi connectivity index (χ3n) is 3.87. The number of hydrogen-bond acceptors (Lipinski definition) is 8. The second kappa shape index (κ2) is 7.38. The van der Waals surface area contributed by atoms with Gasteiger partial charge in [-0.3, -0.25) is 4.79 Å². The van der Waals surface area contributed by atoms with Crippen LogP contribution in [-0.4, -0.2) is 38.3 Å². The molecule has 26 heavy (non-hydrogen) atoms. The van der Waals surface area contributed by atoms with Crippen LogP contribution in [0.25, 0.3) is 0 Å². The summed E-state index contributed by atoms with van der Waals surface area (Å²) < 4.78 is 14.9. The summed E-state index contributed by atoms with van der Waals surface area (Å²) in [5.74, 6) is -1.28. The largest absolute Gasteiger partial charge is 0.497 e. The van der Waals surface area contributed by atoms with Crippen LogP contribution in [0.3, 0.4) is 0 Å². The lowest BCUT2D eigenvalue weighted by Crippen LogP contribution is -2.22. The number of aromatic nitrogens is 1. The molecule has 1 aromatic carbocycles. The van der Waals surface area contributed by atoms with Crippen LogP contribution < -0.4 is 9.61 Å². The van der Waals surface area contributed by atoms with Gasteiger partial charge in [0.25, 0.3) is 0 Å². The molecular formula is C17H15NO6S2. The fourth-order valence-corrected chi connectivity index (χ4v) is 4.92. The number of thioether (sulfide) groups is 1. The zero-order valence-electron chi connectivity index (χ0n) is 14.2. The molecule has 9 heteroatoms. The number of H-pyrrole nitrogens is 1. The van der Waals surface area contributed by atoms with Crippen molar-refractivity contribution in [2.24, 2.45) is 0 Å². The first kappa shape index (κ1) is 18.3. The molecule has 1 N–H and O–H groups in total. The first-order valence-electron chi connectivity index (χ1n) is 7.45. The lowest BCUT2D eigenvalue weighted by atomic mass is 9.89. The Kier molecular flexibility index (Phi) is 5.19. The van der Waals surface area contributed by atoms with Gasteiger partial charge in [0.2, 0.25) is 0 Å². The number of nitrogens with one attached hydrogen (secondary N) is 1. The number of carbonyl (C=O) groups excluding carboxylic acids is 2. The van der Waals surface area contributed by atoms with Crippen molar-refractivity contribution in [1.82, 2.24) is 4.98 Å². The number of methoxy groups -OCH3 is 3. The summed E-state index contributed by atoms with van der Waals surface area (Å²) in [6.45, 7) is 0. The van der Waals surface area contributed by atoms with Gasteiger partial charge in [-0.1, -0.05) is 35.2 Å². The van der Waals surface area contributed by atoms with E-state index in [1.807, 2.05) is 0 Å². The van der Waals surface area contributed by atoms with Crippen LogP contribution in [0.5, 0.6) is 5.75 Å². The van der Waals surface area contributed by atoms with Crippen molar-refractivity contribution in [1.29, 1.82) is 0 Å². The van der Waals surface area contributed by atoms with Crippen molar-refractivity contribution in [2.75, 3.05) is 21.3 Å². The van der Waals surface area contributed by atoms with Gasteiger partial charge in [-0.05, 0) is 17.7 Å². The Balaban J connectivity index is 2.25. The third-order valence-corrected chi connectivity index (χ3v) is 6.06. The van der Waals surface area contributed by atoms with E-state index in [0.717, 1.165) is 28.7 Å². The summed E-state index contributed by atoms with van der Waals surface area (Å²) in [6.07, 6.45) is 0. The number of benzene rings is 1. The summed E-state index contributed by atoms with van der Waals surface area (Å²) in [5.41, 5.74) is 0.877. The van der Waals surface area contributed by atoms with Crippen molar-refractivity contribution < 1.29 is 23.8 Å². The van der Waals surface area contributed by atoms with Gasteiger partial charge in [0.15, 0.2) is 0 Å². The van der Waals surface area contributed by atoms with E-state index in [1.54, 1.807) is 31.4 Å². The molecule has 1 aromatic heterocycles. The Labute approximate surface area is 157 Å². The molecule has 2 heterocycles. The Morgan fingerprint density at radius 1 is 1.04 bits per heavy atom. The predicted molar refractivity (Wildman–Crippen MR) is 96.7 cm³/mol. The van der Waals surface area contributed by atoms with E-state index in [-0.39, 0.29) is 15.4 Å². The van der Waals surface area contributed by atoms with Gasteiger partial charge < -0.3 is 19.2 Å². The van der Waals surface area contributed by atoms with E-state index < -0.39 is 17.9 Å². The van der Waals surface area contributed by atoms with Gasteiger partial charge >= 0.3 is 16.8 Å². The second-order valence-electron chi connectivity index (χ2n) is 5.24. The van der Waals surface area contributed by atoms with Crippen LogP contribution in [-0.2, 0) is 19.1 Å². The van der Waals surface area contributed by atoms with E-state index in [0.29, 0.717) is 15.7 Å². The fraction of sp³-hybridized carbons (Fsp3) is 0.235. The molecule has 0 saturated heterocycles. The summed E-state index contributed by atoms with van der Waals surface area (Å²) in [5, 5.41) is 0.522. The van der Waals surface area contributed by atoms with E-state index >= 15 is 0 Å². The summed E-state index contributed by atoms with van der Waals surface area (Å²) in [4.78, 5) is 39.9. The van der Waals surface area contributed by atoms with Crippen LogP contribution in [0.4, 0.5) is 0 Å².